The second-order valence-corrected chi connectivity index (χ2v) is 5.86. The molecule has 0 spiro atoms. The van der Waals surface area contributed by atoms with Crippen LogP contribution in [0.3, 0.4) is 0 Å². The van der Waals surface area contributed by atoms with Crippen molar-refractivity contribution in [3.63, 3.8) is 0 Å². The van der Waals surface area contributed by atoms with Crippen LogP contribution in [-0.4, -0.2) is 48.5 Å². The number of halogens is 2. The number of amides is 2. The molecule has 1 N–H and O–H groups in total. The number of carbonyl (C=O) groups is 2. The van der Waals surface area contributed by atoms with Crippen molar-refractivity contribution in [2.75, 3.05) is 25.6 Å². The molecule has 1 aliphatic heterocycles. The molecule has 2 amide bonds. The summed E-state index contributed by atoms with van der Waals surface area (Å²) in [6.45, 7) is 1.37. The van der Waals surface area contributed by atoms with Crippen LogP contribution in [0.5, 0.6) is 0 Å². The predicted octanol–water partition coefficient (Wildman–Crippen LogP) is 2.91. The third-order valence-corrected chi connectivity index (χ3v) is 3.88. The Morgan fingerprint density at radius 1 is 1.32 bits per heavy atom. The lowest BCUT2D eigenvalue weighted by Crippen LogP contribution is -2.46. The smallest absolute Gasteiger partial charge is 0.407 e. The first-order valence-electron chi connectivity index (χ1n) is 7.14. The fourth-order valence-corrected chi connectivity index (χ4v) is 2.64. The minimum Gasteiger partial charge on any atom is -0.448 e. The zero-order valence-electron chi connectivity index (χ0n) is 12.1. The molecule has 0 unspecified atom stereocenters. The summed E-state index contributed by atoms with van der Waals surface area (Å²) in [4.78, 5) is 25.6. The highest BCUT2D eigenvalue weighted by atomic mass is 35.5. The molecule has 0 atom stereocenters. The standard InChI is InChI=1S/C15H18Cl2N2O3/c16-6-9-22-15(21)18-13-4-7-19(8-5-13)14(20)11-2-1-3-12(17)10-11/h1-3,10,13H,4-9H2,(H,18,21). The van der Waals surface area contributed by atoms with Gasteiger partial charge in [0.15, 0.2) is 0 Å². The molecule has 7 heteroatoms. The van der Waals surface area contributed by atoms with Gasteiger partial charge in [-0.2, -0.15) is 0 Å². The Labute approximate surface area is 139 Å². The van der Waals surface area contributed by atoms with Gasteiger partial charge in [0.1, 0.15) is 6.61 Å². The molecule has 5 nitrogen and oxygen atoms in total. The Morgan fingerprint density at radius 2 is 2.05 bits per heavy atom. The molecule has 1 aliphatic rings. The minimum absolute atomic E-state index is 0.0197. The van der Waals surface area contributed by atoms with E-state index in [4.69, 9.17) is 27.9 Å². The lowest BCUT2D eigenvalue weighted by atomic mass is 10.0. The van der Waals surface area contributed by atoms with Gasteiger partial charge in [0.2, 0.25) is 0 Å². The van der Waals surface area contributed by atoms with Crippen LogP contribution < -0.4 is 5.32 Å². The quantitative estimate of drug-likeness (QED) is 0.854. The Morgan fingerprint density at radius 3 is 2.68 bits per heavy atom. The summed E-state index contributed by atoms with van der Waals surface area (Å²) in [6, 6.07) is 6.93. The van der Waals surface area contributed by atoms with Gasteiger partial charge < -0.3 is 15.0 Å². The number of carbonyl (C=O) groups excluding carboxylic acids is 2. The lowest BCUT2D eigenvalue weighted by Gasteiger charge is -2.32. The molecule has 0 aliphatic carbocycles. The number of alkyl halides is 1. The van der Waals surface area contributed by atoms with Crippen LogP contribution >= 0.6 is 23.2 Å². The highest BCUT2D eigenvalue weighted by Gasteiger charge is 2.24. The van der Waals surface area contributed by atoms with Crippen LogP contribution in [-0.2, 0) is 4.74 Å². The predicted molar refractivity (Wildman–Crippen MR) is 85.6 cm³/mol. The SMILES string of the molecule is O=C(NC1CCN(C(=O)c2cccc(Cl)c2)CC1)OCCCl. The summed E-state index contributed by atoms with van der Waals surface area (Å²) in [5.74, 6) is 0.241. The summed E-state index contributed by atoms with van der Waals surface area (Å²) >= 11 is 11.4. The van der Waals surface area contributed by atoms with E-state index in [-0.39, 0.29) is 24.4 Å². The average molecular weight is 345 g/mol. The zero-order valence-corrected chi connectivity index (χ0v) is 13.6. The van der Waals surface area contributed by atoms with Gasteiger partial charge in [0.05, 0.1) is 5.88 Å². The normalized spacial score (nSPS) is 15.5. The van der Waals surface area contributed by atoms with Gasteiger partial charge in [-0.1, -0.05) is 17.7 Å². The van der Waals surface area contributed by atoms with Gasteiger partial charge >= 0.3 is 6.09 Å². The number of alkyl carbamates (subject to hydrolysis) is 1. The van der Waals surface area contributed by atoms with Crippen LogP contribution in [0.25, 0.3) is 0 Å². The second kappa shape index (κ2) is 8.25. The molecule has 1 heterocycles. The van der Waals surface area contributed by atoms with Crippen molar-refractivity contribution < 1.29 is 14.3 Å². The Balaban J connectivity index is 1.82. The van der Waals surface area contributed by atoms with E-state index in [1.54, 1.807) is 29.2 Å². The minimum atomic E-state index is -0.458. The Hall–Kier alpha value is -1.46. The highest BCUT2D eigenvalue weighted by molar-refractivity contribution is 6.30. The largest absolute Gasteiger partial charge is 0.448 e. The van der Waals surface area contributed by atoms with E-state index >= 15 is 0 Å². The van der Waals surface area contributed by atoms with E-state index in [1.165, 1.54) is 0 Å². The van der Waals surface area contributed by atoms with Crippen LogP contribution in [0.15, 0.2) is 24.3 Å². The third kappa shape index (κ3) is 4.78. The van der Waals surface area contributed by atoms with Crippen LogP contribution in [0.4, 0.5) is 4.79 Å². The number of nitrogens with one attached hydrogen (secondary N) is 1. The first-order valence-corrected chi connectivity index (χ1v) is 8.05. The van der Waals surface area contributed by atoms with E-state index in [9.17, 15) is 9.59 Å². The van der Waals surface area contributed by atoms with Gasteiger partial charge in [0.25, 0.3) is 5.91 Å². The molecule has 1 fully saturated rings. The maximum Gasteiger partial charge on any atom is 0.407 e. The van der Waals surface area contributed by atoms with Crippen molar-refractivity contribution in [3.8, 4) is 0 Å². The van der Waals surface area contributed by atoms with E-state index in [0.29, 0.717) is 36.5 Å². The van der Waals surface area contributed by atoms with E-state index in [0.717, 1.165) is 0 Å². The molecule has 1 aromatic rings. The molecular formula is C15H18Cl2N2O3. The van der Waals surface area contributed by atoms with Gasteiger partial charge in [-0.15, -0.1) is 11.6 Å². The zero-order chi connectivity index (χ0) is 15.9. The summed E-state index contributed by atoms with van der Waals surface area (Å²) in [7, 11) is 0. The monoisotopic (exact) mass is 344 g/mol. The number of hydrogen-bond acceptors (Lipinski definition) is 3. The van der Waals surface area contributed by atoms with E-state index < -0.39 is 6.09 Å². The molecule has 1 aromatic carbocycles. The Bertz CT molecular complexity index is 531. The average Bonchev–Trinajstić information content (AvgIpc) is 2.53. The molecule has 120 valence electrons. The number of nitrogens with zero attached hydrogens (tertiary/aromatic N) is 1. The fourth-order valence-electron chi connectivity index (χ4n) is 2.37. The number of likely N-dealkylation sites (tertiary alicyclic amines) is 1. The summed E-state index contributed by atoms with van der Waals surface area (Å²) in [5, 5.41) is 3.33. The van der Waals surface area contributed by atoms with Crippen molar-refractivity contribution in [2.24, 2.45) is 0 Å². The molecular weight excluding hydrogens is 327 g/mol. The van der Waals surface area contributed by atoms with Crippen molar-refractivity contribution in [2.45, 2.75) is 18.9 Å². The van der Waals surface area contributed by atoms with Crippen LogP contribution in [0.2, 0.25) is 5.02 Å². The second-order valence-electron chi connectivity index (χ2n) is 5.05. The molecule has 2 rings (SSSR count). The summed E-state index contributed by atoms with van der Waals surface area (Å²) < 4.78 is 4.87. The van der Waals surface area contributed by atoms with Crippen molar-refractivity contribution >= 4 is 35.2 Å². The molecule has 0 aromatic heterocycles. The molecule has 1 saturated heterocycles. The molecule has 22 heavy (non-hydrogen) atoms. The Kier molecular flexibility index (Phi) is 6.34. The molecule has 0 bridgehead atoms. The van der Waals surface area contributed by atoms with Crippen molar-refractivity contribution in [3.05, 3.63) is 34.9 Å². The van der Waals surface area contributed by atoms with Gasteiger partial charge in [-0.3, -0.25) is 4.79 Å². The molecule has 0 saturated carbocycles. The fraction of sp³-hybridized carbons (Fsp3) is 0.467. The van der Waals surface area contributed by atoms with Gasteiger partial charge in [-0.25, -0.2) is 4.79 Å². The number of piperidine rings is 1. The van der Waals surface area contributed by atoms with Crippen LogP contribution in [0.1, 0.15) is 23.2 Å². The number of hydrogen-bond donors (Lipinski definition) is 1. The summed E-state index contributed by atoms with van der Waals surface area (Å²) in [6.07, 6.45) is 0.935. The first kappa shape index (κ1) is 16.9. The third-order valence-electron chi connectivity index (χ3n) is 3.49. The van der Waals surface area contributed by atoms with Gasteiger partial charge in [0, 0.05) is 29.7 Å². The maximum absolute atomic E-state index is 12.4. The molecule has 0 radical (unpaired) electrons. The summed E-state index contributed by atoms with van der Waals surface area (Å²) in [5.41, 5.74) is 0.584. The van der Waals surface area contributed by atoms with E-state index in [1.807, 2.05) is 0 Å². The maximum atomic E-state index is 12.4. The topological polar surface area (TPSA) is 58.6 Å². The number of ether oxygens (including phenoxy) is 1. The number of rotatable bonds is 4. The highest BCUT2D eigenvalue weighted by Crippen LogP contribution is 2.16. The first-order chi connectivity index (χ1) is 10.6. The van der Waals surface area contributed by atoms with Crippen molar-refractivity contribution in [1.29, 1.82) is 0 Å². The van der Waals surface area contributed by atoms with Gasteiger partial charge in [-0.05, 0) is 31.0 Å². The lowest BCUT2D eigenvalue weighted by molar-refractivity contribution is 0.0702. The van der Waals surface area contributed by atoms with E-state index in [2.05, 4.69) is 5.32 Å². The number of benzene rings is 1. The van der Waals surface area contributed by atoms with Crippen LogP contribution in [0, 0.1) is 0 Å². The van der Waals surface area contributed by atoms with Crippen molar-refractivity contribution in [1.82, 2.24) is 10.2 Å².